The second kappa shape index (κ2) is 227. The van der Waals surface area contributed by atoms with Gasteiger partial charge in [-0.15, -0.1) is 0 Å². The van der Waals surface area contributed by atoms with Crippen LogP contribution in [0, 0.1) is 0 Å². The summed E-state index contributed by atoms with van der Waals surface area (Å²) >= 11 is 0. The molecule has 0 N–H and O–H groups in total. The molecule has 0 bridgehead atoms. The zero-order valence-corrected chi connectivity index (χ0v) is 27.1. The monoisotopic (exact) mass is 441 g/mol. The maximum Gasteiger partial charge on any atom is -0.0533 e. The van der Waals surface area contributed by atoms with Crippen LogP contribution >= 0.6 is 0 Å². The Hall–Kier alpha value is 0. The van der Waals surface area contributed by atoms with Crippen LogP contribution in [0.2, 0.25) is 0 Å². The van der Waals surface area contributed by atoms with Gasteiger partial charge < -0.3 is 0 Å². The van der Waals surface area contributed by atoms with Gasteiger partial charge in [-0.1, -0.05) is 203 Å². The zero-order valence-electron chi connectivity index (χ0n) is 27.1. The summed E-state index contributed by atoms with van der Waals surface area (Å²) in [4.78, 5) is 0. The molecule has 0 saturated heterocycles. The lowest BCUT2D eigenvalue weighted by Crippen LogP contribution is -1.70. The maximum absolute atomic E-state index is 2.25. The first-order valence-corrected chi connectivity index (χ1v) is 14.8. The number of hydrogen-bond donors (Lipinski definition) is 0. The van der Waals surface area contributed by atoms with Gasteiger partial charge in [0.25, 0.3) is 0 Å². The molecule has 0 atom stereocenters. The molecule has 0 aromatic carbocycles. The average Bonchev–Trinajstić information content (AvgIpc) is 2.90. The molecule has 0 fully saturated rings. The number of unbranched alkanes of at least 4 members (excludes halogenated alkanes) is 8. The minimum Gasteiger partial charge on any atom is -0.0683 e. The van der Waals surface area contributed by atoms with Gasteiger partial charge in [0, 0.05) is 0 Å². The van der Waals surface area contributed by atoms with Gasteiger partial charge in [0.15, 0.2) is 0 Å². The fourth-order valence-electron chi connectivity index (χ4n) is 1.35. The van der Waals surface area contributed by atoms with Gasteiger partial charge in [0.2, 0.25) is 0 Å². The van der Waals surface area contributed by atoms with Crippen molar-refractivity contribution in [2.24, 2.45) is 0 Å². The van der Waals surface area contributed by atoms with E-state index in [0.29, 0.717) is 0 Å². The lowest BCUT2D eigenvalue weighted by Gasteiger charge is -1.90. The van der Waals surface area contributed by atoms with E-state index >= 15 is 0 Å². The van der Waals surface area contributed by atoms with Crippen LogP contribution in [0.3, 0.4) is 0 Å². The van der Waals surface area contributed by atoms with Crippen molar-refractivity contribution in [3.8, 4) is 0 Å². The smallest absolute Gasteiger partial charge is 0.0533 e. The van der Waals surface area contributed by atoms with E-state index in [2.05, 4.69) is 27.7 Å². The largest absolute Gasteiger partial charge is 0.0683 e. The minimum atomic E-state index is 1.36. The summed E-state index contributed by atoms with van der Waals surface area (Å²) in [6.45, 7) is 41.0. The quantitative estimate of drug-likeness (QED) is 0.329. The Morgan fingerprint density at radius 3 is 0.367 bits per heavy atom. The fraction of sp³-hybridized carbons (Fsp3) is 1.00. The Bertz CT molecular complexity index is 48.4. The van der Waals surface area contributed by atoms with Crippen molar-refractivity contribution in [2.45, 2.75) is 203 Å². The molecule has 0 spiro atoms. The Morgan fingerprint density at radius 1 is 0.200 bits per heavy atom. The van der Waals surface area contributed by atoms with Crippen molar-refractivity contribution in [3.63, 3.8) is 0 Å². The van der Waals surface area contributed by atoms with Crippen LogP contribution in [-0.4, -0.2) is 0 Å². The van der Waals surface area contributed by atoms with Crippen LogP contribution in [-0.2, 0) is 0 Å². The first kappa shape index (κ1) is 63.1. The summed E-state index contributed by atoms with van der Waals surface area (Å²) in [5.41, 5.74) is 0. The molecule has 200 valence electrons. The summed E-state index contributed by atoms with van der Waals surface area (Å²) in [5, 5.41) is 0. The van der Waals surface area contributed by atoms with E-state index in [1.54, 1.807) is 0 Å². The number of rotatable bonds is 8. The van der Waals surface area contributed by atoms with E-state index in [1.165, 1.54) is 64.2 Å². The predicted octanol–water partition coefficient (Wildman–Crippen LogP) is 14.2. The molecular weight excluding hydrogens is 360 g/mol. The highest BCUT2D eigenvalue weighted by Gasteiger charge is 1.80. The first-order valence-electron chi connectivity index (χ1n) is 14.8. The zero-order chi connectivity index (χ0) is 27.1. The van der Waals surface area contributed by atoms with Gasteiger partial charge in [0.05, 0.1) is 0 Å². The Labute approximate surface area is 202 Å². The molecule has 0 amide bonds. The van der Waals surface area contributed by atoms with Crippen LogP contribution < -0.4 is 0 Å². The van der Waals surface area contributed by atoms with Crippen molar-refractivity contribution in [2.75, 3.05) is 0 Å². The SMILES string of the molecule is CC.CC.CC.CC.CC.CC.CC.CC.CCCCCCC.CCCCCCC. The van der Waals surface area contributed by atoms with E-state index < -0.39 is 0 Å². The van der Waals surface area contributed by atoms with E-state index in [1.807, 2.05) is 111 Å². The molecule has 30 heavy (non-hydrogen) atoms. The molecule has 0 heteroatoms. The predicted molar refractivity (Wildman–Crippen MR) is 160 cm³/mol. The van der Waals surface area contributed by atoms with Crippen molar-refractivity contribution < 1.29 is 0 Å². The van der Waals surface area contributed by atoms with Crippen molar-refractivity contribution in [1.29, 1.82) is 0 Å². The summed E-state index contributed by atoms with van der Waals surface area (Å²) in [6.07, 6.45) is 14.0. The molecule has 0 nitrogen and oxygen atoms in total. The molecule has 0 aliphatic carbocycles. The van der Waals surface area contributed by atoms with Gasteiger partial charge >= 0.3 is 0 Å². The molecule has 0 aromatic rings. The highest BCUT2D eigenvalue weighted by Crippen LogP contribution is 2.00. The van der Waals surface area contributed by atoms with Crippen LogP contribution in [0.15, 0.2) is 0 Å². The summed E-state index contributed by atoms with van der Waals surface area (Å²) < 4.78 is 0. The van der Waals surface area contributed by atoms with Crippen LogP contribution in [0.5, 0.6) is 0 Å². The van der Waals surface area contributed by atoms with E-state index in [4.69, 9.17) is 0 Å². The third-order valence-corrected chi connectivity index (χ3v) is 2.41. The maximum atomic E-state index is 2.25. The van der Waals surface area contributed by atoms with E-state index in [0.717, 1.165) is 0 Å². The lowest BCUT2D eigenvalue weighted by atomic mass is 10.2. The molecule has 0 aliphatic heterocycles. The first-order chi connectivity index (χ1) is 14.8. The van der Waals surface area contributed by atoms with Crippen LogP contribution in [0.4, 0.5) is 0 Å². The van der Waals surface area contributed by atoms with Gasteiger partial charge in [0.1, 0.15) is 0 Å². The minimum absolute atomic E-state index is 1.36. The van der Waals surface area contributed by atoms with Crippen LogP contribution in [0.25, 0.3) is 0 Å². The molecule has 0 heterocycles. The van der Waals surface area contributed by atoms with Crippen molar-refractivity contribution in [3.05, 3.63) is 0 Å². The topological polar surface area (TPSA) is 0 Å². The molecule has 0 aromatic heterocycles. The second-order valence-corrected chi connectivity index (χ2v) is 4.12. The normalized spacial score (nSPS) is 6.00. The lowest BCUT2D eigenvalue weighted by molar-refractivity contribution is 0.656. The Morgan fingerprint density at radius 2 is 0.300 bits per heavy atom. The Balaban J connectivity index is -0.0000000202. The third-order valence-electron chi connectivity index (χ3n) is 2.41. The van der Waals surface area contributed by atoms with Gasteiger partial charge in [-0.05, 0) is 0 Å². The summed E-state index contributed by atoms with van der Waals surface area (Å²) in [7, 11) is 0. The van der Waals surface area contributed by atoms with E-state index in [-0.39, 0.29) is 0 Å². The molecule has 0 rings (SSSR count). The van der Waals surface area contributed by atoms with Crippen molar-refractivity contribution >= 4 is 0 Å². The second-order valence-electron chi connectivity index (χ2n) is 4.12. The summed E-state index contributed by atoms with van der Waals surface area (Å²) in [5.74, 6) is 0. The molecule has 0 unspecified atom stereocenters. The van der Waals surface area contributed by atoms with Gasteiger partial charge in [-0.2, -0.15) is 0 Å². The van der Waals surface area contributed by atoms with Gasteiger partial charge in [-0.25, -0.2) is 0 Å². The number of hydrogen-bond acceptors (Lipinski definition) is 0. The molecule has 0 radical (unpaired) electrons. The molecular formula is C30H80. The van der Waals surface area contributed by atoms with E-state index in [9.17, 15) is 0 Å². The van der Waals surface area contributed by atoms with Crippen molar-refractivity contribution in [1.82, 2.24) is 0 Å². The van der Waals surface area contributed by atoms with Crippen LogP contribution in [0.1, 0.15) is 203 Å². The van der Waals surface area contributed by atoms with Gasteiger partial charge in [-0.3, -0.25) is 0 Å². The standard InChI is InChI=1S/2C7H16.8C2H6/c2*1-3-5-7-6-4-2;8*1-2/h2*3-7H2,1-2H3;8*1-2H3. The third kappa shape index (κ3) is 319. The Kier molecular flexibility index (Phi) is 478. The highest BCUT2D eigenvalue weighted by molar-refractivity contribution is 4.36. The molecule has 0 saturated carbocycles. The molecule has 0 aliphatic rings. The summed E-state index contributed by atoms with van der Waals surface area (Å²) in [6, 6.07) is 0. The fourth-order valence-corrected chi connectivity index (χ4v) is 1.35. The average molecular weight is 441 g/mol. The highest BCUT2D eigenvalue weighted by atomic mass is 13.9.